The number of nitrogens with zero attached hydrogens (tertiary/aromatic N) is 1. The highest BCUT2D eigenvalue weighted by Crippen LogP contribution is 2.44. The zero-order valence-electron chi connectivity index (χ0n) is 18.4. The van der Waals surface area contributed by atoms with Crippen LogP contribution in [0, 0.1) is 11.3 Å². The Labute approximate surface area is 166 Å². The van der Waals surface area contributed by atoms with Gasteiger partial charge >= 0.3 is 12.1 Å². The summed E-state index contributed by atoms with van der Waals surface area (Å²) in [7, 11) is -1.54. The van der Waals surface area contributed by atoms with Gasteiger partial charge in [-0.1, -0.05) is 20.8 Å². The lowest BCUT2D eigenvalue weighted by atomic mass is 9.79. The first-order chi connectivity index (χ1) is 12.2. The molecule has 0 aliphatic carbocycles. The van der Waals surface area contributed by atoms with E-state index in [0.29, 0.717) is 19.6 Å². The Morgan fingerprint density at radius 1 is 1.19 bits per heavy atom. The molecule has 1 rings (SSSR count). The molecule has 1 amide bonds. The van der Waals surface area contributed by atoms with Crippen molar-refractivity contribution >= 4 is 21.1 Å². The Kier molecular flexibility index (Phi) is 7.70. The van der Waals surface area contributed by atoms with Crippen LogP contribution in [0.4, 0.5) is 4.79 Å². The first kappa shape index (κ1) is 23.7. The molecule has 2 atom stereocenters. The van der Waals surface area contributed by atoms with Gasteiger partial charge in [0, 0.05) is 19.0 Å². The van der Waals surface area contributed by atoms with Crippen LogP contribution in [-0.2, 0) is 18.7 Å². The molecule has 1 fully saturated rings. The standard InChI is InChI=1S/C20H37NO5Si/c1-10-24-16(22)11-12-20(26-27(8)9)13-15(18(2,3)4)14-21(20)17(23)25-19(5,6)7/h11-12,15,27H,10,13-14H2,1-9H3/b12-11+/t15-,20+/m0/s1. The van der Waals surface area contributed by atoms with Crippen LogP contribution in [0.2, 0.25) is 13.1 Å². The van der Waals surface area contributed by atoms with Gasteiger partial charge in [0.05, 0.1) is 6.61 Å². The van der Waals surface area contributed by atoms with Gasteiger partial charge in [-0.05, 0) is 58.2 Å². The Balaban J connectivity index is 3.32. The normalized spacial score (nSPS) is 23.9. The van der Waals surface area contributed by atoms with E-state index in [1.165, 1.54) is 6.08 Å². The van der Waals surface area contributed by atoms with Gasteiger partial charge in [-0.15, -0.1) is 0 Å². The summed E-state index contributed by atoms with van der Waals surface area (Å²) in [4.78, 5) is 26.6. The lowest BCUT2D eigenvalue weighted by Crippen LogP contribution is -2.51. The predicted molar refractivity (Wildman–Crippen MR) is 109 cm³/mol. The van der Waals surface area contributed by atoms with E-state index in [1.807, 2.05) is 20.8 Å². The molecule has 0 N–H and O–H groups in total. The SMILES string of the molecule is CCOC(=O)/C=C/[C@@]1(O[SiH](C)C)C[C@H](C(C)(C)C)CN1C(=O)OC(C)(C)C. The van der Waals surface area contributed by atoms with E-state index in [4.69, 9.17) is 13.9 Å². The van der Waals surface area contributed by atoms with Crippen molar-refractivity contribution in [3.63, 3.8) is 0 Å². The van der Waals surface area contributed by atoms with E-state index in [-0.39, 0.29) is 11.3 Å². The summed E-state index contributed by atoms with van der Waals surface area (Å²) in [5, 5.41) is 0. The van der Waals surface area contributed by atoms with Gasteiger partial charge in [-0.25, -0.2) is 9.59 Å². The van der Waals surface area contributed by atoms with Gasteiger partial charge in [-0.3, -0.25) is 4.90 Å². The van der Waals surface area contributed by atoms with Crippen LogP contribution < -0.4 is 0 Å². The van der Waals surface area contributed by atoms with Crippen LogP contribution in [0.25, 0.3) is 0 Å². The summed E-state index contributed by atoms with van der Waals surface area (Å²) in [5.74, 6) is -0.223. The van der Waals surface area contributed by atoms with Crippen molar-refractivity contribution in [3.8, 4) is 0 Å². The van der Waals surface area contributed by atoms with E-state index < -0.39 is 32.4 Å². The van der Waals surface area contributed by atoms with Gasteiger partial charge in [0.2, 0.25) is 0 Å². The molecule has 1 heterocycles. The van der Waals surface area contributed by atoms with Gasteiger partial charge < -0.3 is 13.9 Å². The van der Waals surface area contributed by atoms with Crippen molar-refractivity contribution in [2.75, 3.05) is 13.2 Å². The van der Waals surface area contributed by atoms with Gasteiger partial charge in [-0.2, -0.15) is 0 Å². The van der Waals surface area contributed by atoms with Crippen LogP contribution in [0.3, 0.4) is 0 Å². The Morgan fingerprint density at radius 3 is 2.22 bits per heavy atom. The van der Waals surface area contributed by atoms with Crippen LogP contribution in [0.1, 0.15) is 54.9 Å². The molecule has 0 unspecified atom stereocenters. The number of carbonyl (C=O) groups is 2. The van der Waals surface area contributed by atoms with Crippen molar-refractivity contribution in [2.24, 2.45) is 11.3 Å². The number of ether oxygens (including phenoxy) is 2. The summed E-state index contributed by atoms with van der Waals surface area (Å²) >= 11 is 0. The van der Waals surface area contributed by atoms with Crippen LogP contribution in [-0.4, -0.2) is 50.5 Å². The first-order valence-electron chi connectivity index (χ1n) is 9.74. The minimum absolute atomic E-state index is 0.0122. The second kappa shape index (κ2) is 8.77. The summed E-state index contributed by atoms with van der Waals surface area (Å²) in [6.45, 7) is 18.7. The molecular formula is C20H37NO5Si. The highest BCUT2D eigenvalue weighted by atomic mass is 28.3. The maximum absolute atomic E-state index is 13.0. The Bertz CT molecular complexity index is 562. The molecule has 1 aliphatic heterocycles. The van der Waals surface area contributed by atoms with E-state index in [1.54, 1.807) is 17.9 Å². The van der Waals surface area contributed by atoms with E-state index in [0.717, 1.165) is 0 Å². The highest BCUT2D eigenvalue weighted by molar-refractivity contribution is 6.48. The molecule has 0 aromatic heterocycles. The van der Waals surface area contributed by atoms with Crippen molar-refractivity contribution < 1.29 is 23.5 Å². The first-order valence-corrected chi connectivity index (χ1v) is 12.5. The molecule has 1 aliphatic rings. The van der Waals surface area contributed by atoms with Gasteiger partial charge in [0.15, 0.2) is 14.8 Å². The molecule has 0 aromatic rings. The van der Waals surface area contributed by atoms with Crippen LogP contribution >= 0.6 is 0 Å². The van der Waals surface area contributed by atoms with Crippen molar-refractivity contribution in [1.82, 2.24) is 4.90 Å². The maximum atomic E-state index is 13.0. The van der Waals surface area contributed by atoms with Crippen LogP contribution in [0.5, 0.6) is 0 Å². The van der Waals surface area contributed by atoms with Gasteiger partial charge in [0.25, 0.3) is 0 Å². The topological polar surface area (TPSA) is 65.1 Å². The van der Waals surface area contributed by atoms with E-state index in [2.05, 4.69) is 33.9 Å². The minimum Gasteiger partial charge on any atom is -0.463 e. The number of amides is 1. The average Bonchev–Trinajstić information content (AvgIpc) is 2.83. The van der Waals surface area contributed by atoms with Crippen molar-refractivity contribution in [2.45, 2.75) is 79.3 Å². The largest absolute Gasteiger partial charge is 0.463 e. The van der Waals surface area contributed by atoms with Crippen molar-refractivity contribution in [3.05, 3.63) is 12.2 Å². The zero-order chi connectivity index (χ0) is 21.0. The summed E-state index contributed by atoms with van der Waals surface area (Å²) < 4.78 is 17.0. The molecule has 0 radical (unpaired) electrons. The van der Waals surface area contributed by atoms with Crippen LogP contribution in [0.15, 0.2) is 12.2 Å². The molecule has 1 saturated heterocycles. The minimum atomic E-state index is -1.54. The molecule has 0 spiro atoms. The molecular weight excluding hydrogens is 362 g/mol. The highest BCUT2D eigenvalue weighted by Gasteiger charge is 2.52. The maximum Gasteiger partial charge on any atom is 0.412 e. The molecule has 156 valence electrons. The number of esters is 1. The second-order valence-electron chi connectivity index (χ2n) is 9.45. The lowest BCUT2D eigenvalue weighted by molar-refractivity contribution is -0.137. The summed E-state index contributed by atoms with van der Waals surface area (Å²) in [5.41, 5.74) is -1.60. The average molecular weight is 400 g/mol. The summed E-state index contributed by atoms with van der Waals surface area (Å²) in [6, 6.07) is 0. The molecule has 0 saturated carbocycles. The zero-order valence-corrected chi connectivity index (χ0v) is 19.6. The fourth-order valence-corrected chi connectivity index (χ4v) is 4.25. The quantitative estimate of drug-likeness (QED) is 0.395. The third-order valence-corrected chi connectivity index (χ3v) is 5.32. The monoisotopic (exact) mass is 399 g/mol. The van der Waals surface area contributed by atoms with Gasteiger partial charge in [0.1, 0.15) is 5.60 Å². The molecule has 6 nitrogen and oxygen atoms in total. The lowest BCUT2D eigenvalue weighted by Gasteiger charge is -2.38. The Hall–Kier alpha value is -1.34. The predicted octanol–water partition coefficient (Wildman–Crippen LogP) is 4.11. The van der Waals surface area contributed by atoms with E-state index in [9.17, 15) is 9.59 Å². The molecule has 27 heavy (non-hydrogen) atoms. The number of likely N-dealkylation sites (tertiary alicyclic amines) is 1. The number of hydrogen-bond acceptors (Lipinski definition) is 5. The third kappa shape index (κ3) is 6.96. The number of rotatable bonds is 5. The van der Waals surface area contributed by atoms with E-state index >= 15 is 0 Å². The second-order valence-corrected chi connectivity index (χ2v) is 11.8. The molecule has 0 bridgehead atoms. The third-order valence-electron chi connectivity index (χ3n) is 4.44. The Morgan fingerprint density at radius 2 is 1.78 bits per heavy atom. The molecule has 0 aromatic carbocycles. The number of hydrogen-bond donors (Lipinski definition) is 0. The molecule has 7 heteroatoms. The smallest absolute Gasteiger partial charge is 0.412 e. The number of carbonyl (C=O) groups excluding carboxylic acids is 2. The fourth-order valence-electron chi connectivity index (χ4n) is 3.13. The van der Waals surface area contributed by atoms with Crippen molar-refractivity contribution in [1.29, 1.82) is 0 Å². The fraction of sp³-hybridized carbons (Fsp3) is 0.800. The summed E-state index contributed by atoms with van der Waals surface area (Å²) in [6.07, 6.45) is 3.27.